The lowest BCUT2D eigenvalue weighted by molar-refractivity contribution is -0.137. The first-order valence-electron chi connectivity index (χ1n) is 9.88. The molecule has 1 amide bonds. The SMILES string of the molecule is COc1cc(C=NNc2ccc(C(F)(F)F)cc2)ccc1OCC(=O)Nc1ccc(C)cc1. The monoisotopic (exact) mass is 457 g/mol. The van der Waals surface area contributed by atoms with Gasteiger partial charge in [-0.1, -0.05) is 17.7 Å². The third-order valence-corrected chi connectivity index (χ3v) is 4.50. The number of benzene rings is 3. The van der Waals surface area contributed by atoms with Crippen molar-refractivity contribution in [1.82, 2.24) is 0 Å². The Kier molecular flexibility index (Phi) is 7.55. The number of methoxy groups -OCH3 is 1. The molecule has 3 aromatic rings. The van der Waals surface area contributed by atoms with Crippen molar-refractivity contribution in [3.05, 3.63) is 83.4 Å². The number of nitrogens with zero attached hydrogens (tertiary/aromatic N) is 1. The Hall–Kier alpha value is -4.01. The Morgan fingerprint density at radius 1 is 0.970 bits per heavy atom. The molecule has 0 atom stereocenters. The molecule has 0 aliphatic rings. The van der Waals surface area contributed by atoms with Crippen LogP contribution in [0.5, 0.6) is 11.5 Å². The molecule has 33 heavy (non-hydrogen) atoms. The zero-order valence-electron chi connectivity index (χ0n) is 17.9. The first-order valence-corrected chi connectivity index (χ1v) is 9.88. The van der Waals surface area contributed by atoms with E-state index in [0.29, 0.717) is 28.4 Å². The fourth-order valence-electron chi connectivity index (χ4n) is 2.78. The molecule has 0 aromatic heterocycles. The number of alkyl halides is 3. The topological polar surface area (TPSA) is 71.9 Å². The van der Waals surface area contributed by atoms with Crippen LogP contribution in [-0.4, -0.2) is 25.8 Å². The molecule has 0 heterocycles. The molecule has 0 radical (unpaired) electrons. The lowest BCUT2D eigenvalue weighted by atomic mass is 10.2. The summed E-state index contributed by atoms with van der Waals surface area (Å²) in [5.41, 5.74) is 4.76. The normalized spacial score (nSPS) is 11.3. The van der Waals surface area contributed by atoms with Gasteiger partial charge in [-0.05, 0) is 67.1 Å². The minimum Gasteiger partial charge on any atom is -0.493 e. The first kappa shape index (κ1) is 23.6. The molecule has 172 valence electrons. The lowest BCUT2D eigenvalue weighted by Crippen LogP contribution is -2.20. The Balaban J connectivity index is 1.56. The summed E-state index contributed by atoms with van der Waals surface area (Å²) >= 11 is 0. The number of rotatable bonds is 8. The second-order valence-electron chi connectivity index (χ2n) is 7.06. The van der Waals surface area contributed by atoms with E-state index in [4.69, 9.17) is 9.47 Å². The van der Waals surface area contributed by atoms with Crippen LogP contribution >= 0.6 is 0 Å². The van der Waals surface area contributed by atoms with Crippen molar-refractivity contribution >= 4 is 23.5 Å². The van der Waals surface area contributed by atoms with Gasteiger partial charge >= 0.3 is 6.18 Å². The van der Waals surface area contributed by atoms with Crippen molar-refractivity contribution in [3.8, 4) is 11.5 Å². The van der Waals surface area contributed by atoms with E-state index in [2.05, 4.69) is 15.8 Å². The summed E-state index contributed by atoms with van der Waals surface area (Å²) in [5, 5.41) is 6.77. The number of hydrogen-bond acceptors (Lipinski definition) is 5. The van der Waals surface area contributed by atoms with E-state index in [1.54, 1.807) is 30.3 Å². The molecule has 0 saturated carbocycles. The molecule has 0 saturated heterocycles. The second-order valence-corrected chi connectivity index (χ2v) is 7.06. The number of carbonyl (C=O) groups excluding carboxylic acids is 1. The van der Waals surface area contributed by atoms with E-state index in [-0.39, 0.29) is 12.5 Å². The molecule has 0 aliphatic heterocycles. The first-order chi connectivity index (χ1) is 15.7. The van der Waals surface area contributed by atoms with Crippen LogP contribution < -0.4 is 20.2 Å². The standard InChI is InChI=1S/C24H22F3N3O3/c1-16-3-8-19(9-4-16)29-23(31)15-33-21-12-5-17(13-22(21)32-2)14-28-30-20-10-6-18(7-11-20)24(25,26)27/h3-14,30H,15H2,1-2H3,(H,29,31). The smallest absolute Gasteiger partial charge is 0.416 e. The van der Waals surface area contributed by atoms with Crippen molar-refractivity contribution in [2.24, 2.45) is 5.10 Å². The number of nitrogens with one attached hydrogen (secondary N) is 2. The van der Waals surface area contributed by atoms with Gasteiger partial charge in [-0.15, -0.1) is 0 Å². The Labute approximate surface area is 189 Å². The molecule has 0 aliphatic carbocycles. The van der Waals surface area contributed by atoms with Crippen LogP contribution in [0.4, 0.5) is 24.5 Å². The summed E-state index contributed by atoms with van der Waals surface area (Å²) < 4.78 is 48.7. The van der Waals surface area contributed by atoms with E-state index < -0.39 is 11.7 Å². The van der Waals surface area contributed by atoms with Crippen LogP contribution in [0, 0.1) is 6.92 Å². The van der Waals surface area contributed by atoms with Gasteiger partial charge < -0.3 is 14.8 Å². The summed E-state index contributed by atoms with van der Waals surface area (Å²) in [6.07, 6.45) is -2.91. The Morgan fingerprint density at radius 3 is 2.27 bits per heavy atom. The van der Waals surface area contributed by atoms with Crippen LogP contribution in [0.25, 0.3) is 0 Å². The van der Waals surface area contributed by atoms with Gasteiger partial charge in [0.15, 0.2) is 18.1 Å². The van der Waals surface area contributed by atoms with E-state index >= 15 is 0 Å². The zero-order chi connectivity index (χ0) is 23.8. The van der Waals surface area contributed by atoms with Gasteiger partial charge in [0, 0.05) is 5.69 Å². The van der Waals surface area contributed by atoms with Gasteiger partial charge in [0.2, 0.25) is 0 Å². The summed E-state index contributed by atoms with van der Waals surface area (Å²) in [4.78, 5) is 12.1. The van der Waals surface area contributed by atoms with Gasteiger partial charge in [-0.2, -0.15) is 18.3 Å². The van der Waals surface area contributed by atoms with Crippen molar-refractivity contribution in [2.45, 2.75) is 13.1 Å². The maximum atomic E-state index is 12.6. The molecule has 0 spiro atoms. The number of carbonyl (C=O) groups is 1. The van der Waals surface area contributed by atoms with Gasteiger partial charge in [0.25, 0.3) is 5.91 Å². The molecular weight excluding hydrogens is 435 g/mol. The van der Waals surface area contributed by atoms with Crippen LogP contribution in [0.2, 0.25) is 0 Å². The van der Waals surface area contributed by atoms with Crippen LogP contribution in [0.15, 0.2) is 71.8 Å². The van der Waals surface area contributed by atoms with Crippen molar-refractivity contribution in [1.29, 1.82) is 0 Å². The summed E-state index contributed by atoms with van der Waals surface area (Å²) in [7, 11) is 1.47. The van der Waals surface area contributed by atoms with Crippen LogP contribution in [0.3, 0.4) is 0 Å². The molecule has 0 unspecified atom stereocenters. The highest BCUT2D eigenvalue weighted by Gasteiger charge is 2.29. The van der Waals surface area contributed by atoms with Crippen LogP contribution in [-0.2, 0) is 11.0 Å². The Morgan fingerprint density at radius 2 is 1.64 bits per heavy atom. The number of ether oxygens (including phenoxy) is 2. The molecule has 2 N–H and O–H groups in total. The number of hydrazone groups is 1. The number of anilines is 2. The van der Waals surface area contributed by atoms with Gasteiger partial charge in [0.05, 0.1) is 24.6 Å². The average Bonchev–Trinajstić information content (AvgIpc) is 2.79. The highest BCUT2D eigenvalue weighted by Crippen LogP contribution is 2.30. The van der Waals surface area contributed by atoms with E-state index in [9.17, 15) is 18.0 Å². The highest BCUT2D eigenvalue weighted by molar-refractivity contribution is 5.92. The number of aryl methyl sites for hydroxylation is 1. The van der Waals surface area contributed by atoms with Crippen molar-refractivity contribution in [3.63, 3.8) is 0 Å². The predicted octanol–water partition coefficient (Wildman–Crippen LogP) is 5.49. The van der Waals surface area contributed by atoms with E-state index in [1.807, 2.05) is 19.1 Å². The fourth-order valence-corrected chi connectivity index (χ4v) is 2.78. The number of hydrogen-bond donors (Lipinski definition) is 2. The molecule has 9 heteroatoms. The van der Waals surface area contributed by atoms with Crippen molar-refractivity contribution < 1.29 is 27.4 Å². The largest absolute Gasteiger partial charge is 0.493 e. The summed E-state index contributed by atoms with van der Waals surface area (Å²) in [6, 6.07) is 16.9. The fraction of sp³-hybridized carbons (Fsp3) is 0.167. The maximum absolute atomic E-state index is 12.6. The van der Waals surface area contributed by atoms with Gasteiger partial charge in [0.1, 0.15) is 0 Å². The Bertz CT molecular complexity index is 1110. The lowest BCUT2D eigenvalue weighted by Gasteiger charge is -2.11. The van der Waals surface area contributed by atoms with E-state index in [1.165, 1.54) is 25.5 Å². The van der Waals surface area contributed by atoms with E-state index in [0.717, 1.165) is 17.7 Å². The molecule has 0 fully saturated rings. The van der Waals surface area contributed by atoms with Gasteiger partial charge in [-0.25, -0.2) is 0 Å². The minimum atomic E-state index is -4.39. The quantitative estimate of drug-likeness (QED) is 0.347. The molecule has 3 rings (SSSR count). The number of halogens is 3. The minimum absolute atomic E-state index is 0.201. The number of amides is 1. The highest BCUT2D eigenvalue weighted by atomic mass is 19.4. The molecule has 3 aromatic carbocycles. The summed E-state index contributed by atoms with van der Waals surface area (Å²) in [5.74, 6) is 0.466. The van der Waals surface area contributed by atoms with Gasteiger partial charge in [-0.3, -0.25) is 10.2 Å². The van der Waals surface area contributed by atoms with Crippen molar-refractivity contribution in [2.75, 3.05) is 24.5 Å². The van der Waals surface area contributed by atoms with Crippen LogP contribution in [0.1, 0.15) is 16.7 Å². The molecule has 0 bridgehead atoms. The molecule has 6 nitrogen and oxygen atoms in total. The second kappa shape index (κ2) is 10.5. The zero-order valence-corrected chi connectivity index (χ0v) is 17.9. The third-order valence-electron chi connectivity index (χ3n) is 4.50. The average molecular weight is 457 g/mol. The maximum Gasteiger partial charge on any atom is 0.416 e. The third kappa shape index (κ3) is 6.99. The summed E-state index contributed by atoms with van der Waals surface area (Å²) in [6.45, 7) is 1.76. The molecular formula is C24H22F3N3O3. The predicted molar refractivity (Wildman–Crippen MR) is 121 cm³/mol.